The fourth-order valence-electron chi connectivity index (χ4n) is 2.85. The Morgan fingerprint density at radius 3 is 1.96 bits per heavy atom. The summed E-state index contributed by atoms with van der Waals surface area (Å²) in [5, 5.41) is 21.0. The third kappa shape index (κ3) is 13.2. The van der Waals surface area contributed by atoms with Gasteiger partial charge in [-0.1, -0.05) is 64.7 Å². The minimum absolute atomic E-state index is 0.318. The zero-order valence-corrected chi connectivity index (χ0v) is 14.7. The topological polar surface area (TPSA) is 80.4 Å². The summed E-state index contributed by atoms with van der Waals surface area (Å²) in [6.07, 6.45) is 14.0. The van der Waals surface area contributed by atoms with E-state index >= 15 is 0 Å². The molecule has 0 heterocycles. The maximum absolute atomic E-state index is 11.0. The highest BCUT2D eigenvalue weighted by Gasteiger charge is 2.28. The van der Waals surface area contributed by atoms with Crippen LogP contribution in [0.15, 0.2) is 0 Å². The number of hydrogen-bond donors (Lipinski definition) is 1. The molecule has 2 unspecified atom stereocenters. The van der Waals surface area contributed by atoms with Gasteiger partial charge in [0.1, 0.15) is 6.10 Å². The van der Waals surface area contributed by atoms with Crippen LogP contribution in [0.3, 0.4) is 0 Å². The van der Waals surface area contributed by atoms with Crippen LogP contribution < -0.4 is 0 Å². The van der Waals surface area contributed by atoms with Gasteiger partial charge in [-0.3, -0.25) is 14.9 Å². The van der Waals surface area contributed by atoms with Crippen LogP contribution in [0.4, 0.5) is 0 Å². The predicted molar refractivity (Wildman–Crippen MR) is 92.8 cm³/mol. The second-order valence-corrected chi connectivity index (χ2v) is 6.43. The van der Waals surface area contributed by atoms with Crippen molar-refractivity contribution in [1.29, 1.82) is 0 Å². The average Bonchev–Trinajstić information content (AvgIpc) is 2.52. The maximum atomic E-state index is 11.0. The Kier molecular flexibility index (Phi) is 15.2. The average molecular weight is 328 g/mol. The molecule has 0 amide bonds. The van der Waals surface area contributed by atoms with Crippen LogP contribution in [-0.2, 0) is 4.79 Å². The van der Waals surface area contributed by atoms with Gasteiger partial charge < -0.3 is 5.11 Å². The van der Waals surface area contributed by atoms with Crippen molar-refractivity contribution >= 4 is 6.29 Å². The van der Waals surface area contributed by atoms with Crippen LogP contribution in [-0.4, -0.2) is 28.5 Å². The van der Waals surface area contributed by atoms with E-state index in [2.05, 4.69) is 6.92 Å². The molecular weight excluding hydrogens is 294 g/mol. The van der Waals surface area contributed by atoms with Crippen LogP contribution >= 0.6 is 0 Å². The smallest absolute Gasteiger partial charge is 0.238 e. The van der Waals surface area contributed by atoms with E-state index in [0.717, 1.165) is 19.3 Å². The van der Waals surface area contributed by atoms with Crippen molar-refractivity contribution in [3.05, 3.63) is 10.1 Å². The molecule has 0 aromatic carbocycles. The van der Waals surface area contributed by atoms with Crippen LogP contribution in [0.2, 0.25) is 0 Å². The Balaban J connectivity index is 3.68. The molecule has 0 rings (SSSR count). The van der Waals surface area contributed by atoms with E-state index < -0.39 is 12.1 Å². The number of aliphatic hydroxyl groups excluding tert-OH is 1. The number of nitrogens with zero attached hydrogens (tertiary/aromatic N) is 1. The van der Waals surface area contributed by atoms with Gasteiger partial charge in [0.15, 0.2) is 6.29 Å². The van der Waals surface area contributed by atoms with Gasteiger partial charge in [-0.05, 0) is 19.3 Å². The first-order valence-electron chi connectivity index (χ1n) is 9.30. The van der Waals surface area contributed by atoms with E-state index in [-0.39, 0.29) is 4.92 Å². The van der Waals surface area contributed by atoms with E-state index in [9.17, 15) is 20.0 Å². The zero-order valence-electron chi connectivity index (χ0n) is 14.7. The van der Waals surface area contributed by atoms with Gasteiger partial charge in [0.2, 0.25) is 6.04 Å². The minimum Gasteiger partial charge on any atom is -0.386 e. The molecule has 2 atom stereocenters. The van der Waals surface area contributed by atoms with Gasteiger partial charge in [-0.25, -0.2) is 0 Å². The van der Waals surface area contributed by atoms with Gasteiger partial charge in [0.25, 0.3) is 0 Å². The van der Waals surface area contributed by atoms with Gasteiger partial charge in [-0.2, -0.15) is 0 Å². The highest BCUT2D eigenvalue weighted by molar-refractivity contribution is 5.50. The molecular formula is C18H34NO4. The molecule has 0 fully saturated rings. The summed E-state index contributed by atoms with van der Waals surface area (Å²) in [5.41, 5.74) is 0. The quantitative estimate of drug-likeness (QED) is 0.241. The molecule has 0 saturated carbocycles. The van der Waals surface area contributed by atoms with E-state index in [1.54, 1.807) is 6.29 Å². The summed E-state index contributed by atoms with van der Waals surface area (Å²) in [5.74, 6) is 0. The van der Waals surface area contributed by atoms with Gasteiger partial charge in [-0.15, -0.1) is 0 Å². The molecule has 0 bridgehead atoms. The SMILES string of the molecule is CCCCCCCCCCCC(O)C(CCCC[C]=O)[N+](=O)[O-]. The highest BCUT2D eigenvalue weighted by atomic mass is 16.6. The van der Waals surface area contributed by atoms with Crippen molar-refractivity contribution in [3.63, 3.8) is 0 Å². The van der Waals surface area contributed by atoms with Crippen LogP contribution in [0.1, 0.15) is 96.8 Å². The third-order valence-electron chi connectivity index (χ3n) is 4.35. The molecule has 0 aromatic heterocycles. The van der Waals surface area contributed by atoms with Gasteiger partial charge in [0.05, 0.1) is 0 Å². The summed E-state index contributed by atoms with van der Waals surface area (Å²) in [4.78, 5) is 20.8. The van der Waals surface area contributed by atoms with Crippen molar-refractivity contribution in [2.24, 2.45) is 0 Å². The highest BCUT2D eigenvalue weighted by Crippen LogP contribution is 2.16. The van der Waals surface area contributed by atoms with E-state index in [1.165, 1.54) is 38.5 Å². The van der Waals surface area contributed by atoms with Crippen LogP contribution in [0, 0.1) is 10.1 Å². The third-order valence-corrected chi connectivity index (χ3v) is 4.35. The van der Waals surface area contributed by atoms with E-state index in [4.69, 9.17) is 0 Å². The van der Waals surface area contributed by atoms with Crippen LogP contribution in [0.25, 0.3) is 0 Å². The molecule has 5 heteroatoms. The number of aliphatic hydroxyl groups is 1. The molecule has 1 radical (unpaired) electrons. The molecule has 0 aliphatic rings. The Morgan fingerprint density at radius 2 is 1.43 bits per heavy atom. The van der Waals surface area contributed by atoms with Gasteiger partial charge in [0, 0.05) is 17.8 Å². The molecule has 0 aromatic rings. The van der Waals surface area contributed by atoms with E-state index in [1.807, 2.05) is 0 Å². The van der Waals surface area contributed by atoms with Gasteiger partial charge >= 0.3 is 0 Å². The van der Waals surface area contributed by atoms with Crippen molar-refractivity contribution in [1.82, 2.24) is 0 Å². The summed E-state index contributed by atoms with van der Waals surface area (Å²) >= 11 is 0. The lowest BCUT2D eigenvalue weighted by Crippen LogP contribution is -2.33. The maximum Gasteiger partial charge on any atom is 0.238 e. The van der Waals surface area contributed by atoms with E-state index in [0.29, 0.717) is 32.1 Å². The predicted octanol–water partition coefficient (Wildman–Crippen LogP) is 4.58. The second-order valence-electron chi connectivity index (χ2n) is 6.43. The molecule has 0 aliphatic carbocycles. The summed E-state index contributed by atoms with van der Waals surface area (Å²) in [6, 6.07) is -0.893. The summed E-state index contributed by atoms with van der Waals surface area (Å²) in [7, 11) is 0. The van der Waals surface area contributed by atoms with Crippen molar-refractivity contribution in [2.45, 2.75) is 109 Å². The first-order chi connectivity index (χ1) is 11.1. The largest absolute Gasteiger partial charge is 0.386 e. The molecule has 0 aliphatic heterocycles. The lowest BCUT2D eigenvalue weighted by atomic mass is 9.98. The number of hydrogen-bond acceptors (Lipinski definition) is 4. The van der Waals surface area contributed by atoms with Crippen molar-refractivity contribution in [3.8, 4) is 0 Å². The lowest BCUT2D eigenvalue weighted by molar-refractivity contribution is -0.535. The molecule has 0 saturated heterocycles. The molecule has 23 heavy (non-hydrogen) atoms. The Labute approximate surface area is 141 Å². The zero-order chi connectivity index (χ0) is 17.3. The van der Waals surface area contributed by atoms with Crippen molar-refractivity contribution in [2.75, 3.05) is 0 Å². The number of carbonyl (C=O) groups excluding carboxylic acids is 1. The lowest BCUT2D eigenvalue weighted by Gasteiger charge is -2.15. The molecule has 135 valence electrons. The monoisotopic (exact) mass is 328 g/mol. The van der Waals surface area contributed by atoms with Crippen molar-refractivity contribution < 1.29 is 14.8 Å². The molecule has 1 N–H and O–H groups in total. The minimum atomic E-state index is -0.893. The standard InChI is InChI=1S/C18H34NO4/c1-2-3-4-5-6-7-8-9-12-15-18(21)17(19(22)23)14-11-10-13-16-20/h17-18,21H,2-15H2,1H3. The Hall–Kier alpha value is -0.970. The van der Waals surface area contributed by atoms with Crippen LogP contribution in [0.5, 0.6) is 0 Å². The Morgan fingerprint density at radius 1 is 0.913 bits per heavy atom. The molecule has 0 spiro atoms. The normalized spacial score (nSPS) is 13.7. The first-order valence-corrected chi connectivity index (χ1v) is 9.30. The fraction of sp³-hybridized carbons (Fsp3) is 0.944. The fourth-order valence-corrected chi connectivity index (χ4v) is 2.85. The number of rotatable bonds is 17. The summed E-state index contributed by atoms with van der Waals surface area (Å²) in [6.45, 7) is 2.21. The second kappa shape index (κ2) is 15.9. The number of nitro groups is 1. The first kappa shape index (κ1) is 22.0. The number of unbranched alkanes of at least 4 members (excludes halogenated alkanes) is 10. The molecule has 5 nitrogen and oxygen atoms in total. The summed E-state index contributed by atoms with van der Waals surface area (Å²) < 4.78 is 0. The Bertz CT molecular complexity index is 297.